The SMILES string of the molecule is O=C1C(=O)N(c2ccc(-c3ccon3)cc2)C(C2CCCCC2)C1=C(O)c1ccc(C(=O)N2CCOCC2)cc1. The summed E-state index contributed by atoms with van der Waals surface area (Å²) in [6.07, 6.45) is 6.35. The van der Waals surface area contributed by atoms with Crippen molar-refractivity contribution in [3.05, 3.63) is 77.6 Å². The second-order valence-corrected chi connectivity index (χ2v) is 10.5. The van der Waals surface area contributed by atoms with Crippen molar-refractivity contribution < 1.29 is 28.8 Å². The molecule has 1 aromatic heterocycles. The number of Topliss-reactive ketones (excluding diaryl/α,β-unsaturated/α-hetero) is 1. The number of ether oxygens (including phenoxy) is 1. The summed E-state index contributed by atoms with van der Waals surface area (Å²) in [5, 5.41) is 15.4. The lowest BCUT2D eigenvalue weighted by molar-refractivity contribution is -0.132. The maximum atomic E-state index is 13.5. The number of hydrogen-bond acceptors (Lipinski definition) is 7. The lowest BCUT2D eigenvalue weighted by Gasteiger charge is -2.34. The Morgan fingerprint density at radius 3 is 2.20 bits per heavy atom. The number of carbonyl (C=O) groups is 3. The van der Waals surface area contributed by atoms with Crippen molar-refractivity contribution in [2.45, 2.75) is 38.1 Å². The number of rotatable bonds is 5. The lowest BCUT2D eigenvalue weighted by Crippen LogP contribution is -2.40. The molecule has 6 rings (SSSR count). The van der Waals surface area contributed by atoms with Crippen molar-refractivity contribution >= 4 is 29.0 Å². The van der Waals surface area contributed by atoms with Gasteiger partial charge in [-0.1, -0.05) is 48.7 Å². The van der Waals surface area contributed by atoms with Crippen LogP contribution in [0.2, 0.25) is 0 Å². The van der Waals surface area contributed by atoms with E-state index < -0.39 is 17.7 Å². The number of aliphatic hydroxyl groups excluding tert-OH is 1. The van der Waals surface area contributed by atoms with E-state index in [0.717, 1.165) is 37.7 Å². The largest absolute Gasteiger partial charge is 0.507 e. The van der Waals surface area contributed by atoms with E-state index in [2.05, 4.69) is 5.16 Å². The van der Waals surface area contributed by atoms with Crippen LogP contribution in [-0.4, -0.2) is 65.1 Å². The van der Waals surface area contributed by atoms with Gasteiger partial charge in [0.25, 0.3) is 17.6 Å². The van der Waals surface area contributed by atoms with E-state index in [1.54, 1.807) is 52.3 Å². The predicted molar refractivity (Wildman–Crippen MR) is 148 cm³/mol. The molecule has 3 heterocycles. The topological polar surface area (TPSA) is 113 Å². The van der Waals surface area contributed by atoms with Gasteiger partial charge in [0.2, 0.25) is 0 Å². The Morgan fingerprint density at radius 2 is 1.55 bits per heavy atom. The summed E-state index contributed by atoms with van der Waals surface area (Å²) in [7, 11) is 0. The molecule has 3 aromatic rings. The minimum Gasteiger partial charge on any atom is -0.507 e. The average molecular weight is 542 g/mol. The van der Waals surface area contributed by atoms with E-state index >= 15 is 0 Å². The number of carbonyl (C=O) groups excluding carboxylic acids is 3. The molecule has 0 bridgehead atoms. The molecule has 0 radical (unpaired) electrons. The number of nitrogens with zero attached hydrogens (tertiary/aromatic N) is 3. The van der Waals surface area contributed by atoms with Gasteiger partial charge in [0, 0.05) is 41.5 Å². The summed E-state index contributed by atoms with van der Waals surface area (Å²) < 4.78 is 10.3. The molecular weight excluding hydrogens is 510 g/mol. The smallest absolute Gasteiger partial charge is 0.299 e. The Labute approximate surface area is 232 Å². The molecule has 1 unspecified atom stereocenters. The molecule has 206 valence electrons. The second kappa shape index (κ2) is 11.1. The Kier molecular flexibility index (Phi) is 7.21. The van der Waals surface area contributed by atoms with Crippen LogP contribution in [0.3, 0.4) is 0 Å². The van der Waals surface area contributed by atoms with E-state index in [-0.39, 0.29) is 23.2 Å². The highest BCUT2D eigenvalue weighted by atomic mass is 16.5. The van der Waals surface area contributed by atoms with Gasteiger partial charge >= 0.3 is 0 Å². The minimum absolute atomic E-state index is 0.0405. The molecule has 3 fully saturated rings. The highest BCUT2D eigenvalue weighted by Gasteiger charge is 2.49. The predicted octanol–water partition coefficient (Wildman–Crippen LogP) is 4.65. The van der Waals surface area contributed by atoms with Crippen molar-refractivity contribution in [2.75, 3.05) is 31.2 Å². The van der Waals surface area contributed by atoms with Crippen LogP contribution in [0.15, 0.2) is 71.0 Å². The summed E-state index contributed by atoms with van der Waals surface area (Å²) in [6.45, 7) is 2.08. The summed E-state index contributed by atoms with van der Waals surface area (Å²) in [5.74, 6) is -1.61. The molecule has 9 nitrogen and oxygen atoms in total. The third-order valence-corrected chi connectivity index (χ3v) is 8.17. The van der Waals surface area contributed by atoms with Gasteiger partial charge in [0.1, 0.15) is 17.7 Å². The fraction of sp³-hybridized carbons (Fsp3) is 0.355. The normalized spacial score (nSPS) is 21.6. The van der Waals surface area contributed by atoms with Crippen LogP contribution < -0.4 is 4.90 Å². The Hall–Kier alpha value is -4.24. The molecule has 2 amide bonds. The highest BCUT2D eigenvalue weighted by Crippen LogP contribution is 2.41. The molecule has 0 spiro atoms. The van der Waals surface area contributed by atoms with Crippen LogP contribution in [0.4, 0.5) is 5.69 Å². The van der Waals surface area contributed by atoms with Gasteiger partial charge in [0.05, 0.1) is 24.8 Å². The minimum atomic E-state index is -0.692. The Morgan fingerprint density at radius 1 is 0.875 bits per heavy atom. The Bertz CT molecular complexity index is 1420. The van der Waals surface area contributed by atoms with Crippen molar-refractivity contribution in [1.82, 2.24) is 10.1 Å². The average Bonchev–Trinajstić information content (AvgIpc) is 3.64. The standard InChI is InChI=1S/C31H31N3O6/c35-28(22-6-8-23(9-7-22)30(37)33-15-18-39-19-16-33)26-27(21-4-2-1-3-5-21)34(31(38)29(26)36)24-12-10-20(11-13-24)25-14-17-40-32-25/h6-14,17,21,27,35H,1-5,15-16,18-19H2. The molecule has 2 aliphatic heterocycles. The first-order chi connectivity index (χ1) is 19.5. The zero-order valence-corrected chi connectivity index (χ0v) is 22.1. The fourth-order valence-electron chi connectivity index (χ4n) is 6.07. The van der Waals surface area contributed by atoms with Crippen molar-refractivity contribution in [3.8, 4) is 11.3 Å². The summed E-state index contributed by atoms with van der Waals surface area (Å²) in [6, 6.07) is 15.1. The van der Waals surface area contributed by atoms with E-state index in [1.807, 2.05) is 12.1 Å². The molecule has 1 N–H and O–H groups in total. The van der Waals surface area contributed by atoms with E-state index in [0.29, 0.717) is 48.8 Å². The van der Waals surface area contributed by atoms with Gasteiger partial charge in [-0.15, -0.1) is 0 Å². The number of amides is 2. The number of benzene rings is 2. The van der Waals surface area contributed by atoms with Gasteiger partial charge in [0.15, 0.2) is 0 Å². The van der Waals surface area contributed by atoms with Crippen LogP contribution in [0.1, 0.15) is 48.0 Å². The lowest BCUT2D eigenvalue weighted by atomic mass is 9.80. The maximum Gasteiger partial charge on any atom is 0.299 e. The van der Waals surface area contributed by atoms with Crippen LogP contribution in [0.25, 0.3) is 17.0 Å². The summed E-state index contributed by atoms with van der Waals surface area (Å²) >= 11 is 0. The molecule has 3 aliphatic rings. The first kappa shape index (κ1) is 26.0. The van der Waals surface area contributed by atoms with Gasteiger partial charge in [-0.2, -0.15) is 0 Å². The highest BCUT2D eigenvalue weighted by molar-refractivity contribution is 6.51. The van der Waals surface area contributed by atoms with Crippen LogP contribution in [0.5, 0.6) is 0 Å². The number of anilines is 1. The van der Waals surface area contributed by atoms with Crippen LogP contribution in [0, 0.1) is 5.92 Å². The van der Waals surface area contributed by atoms with E-state index in [4.69, 9.17) is 9.26 Å². The van der Waals surface area contributed by atoms with Gasteiger partial charge < -0.3 is 19.3 Å². The van der Waals surface area contributed by atoms with Crippen LogP contribution >= 0.6 is 0 Å². The molecule has 1 saturated carbocycles. The molecular formula is C31H31N3O6. The molecule has 2 saturated heterocycles. The first-order valence-corrected chi connectivity index (χ1v) is 13.8. The number of aromatic nitrogens is 1. The summed E-state index contributed by atoms with van der Waals surface area (Å²) in [4.78, 5) is 43.1. The monoisotopic (exact) mass is 541 g/mol. The number of hydrogen-bond donors (Lipinski definition) is 1. The van der Waals surface area contributed by atoms with E-state index in [9.17, 15) is 19.5 Å². The molecule has 2 aromatic carbocycles. The van der Waals surface area contributed by atoms with E-state index in [1.165, 1.54) is 6.26 Å². The van der Waals surface area contributed by atoms with Gasteiger partial charge in [-0.05, 0) is 43.0 Å². The third-order valence-electron chi connectivity index (χ3n) is 8.17. The first-order valence-electron chi connectivity index (χ1n) is 13.8. The molecule has 40 heavy (non-hydrogen) atoms. The Balaban J connectivity index is 1.34. The molecule has 1 aliphatic carbocycles. The van der Waals surface area contributed by atoms with Gasteiger partial charge in [-0.3, -0.25) is 19.3 Å². The second-order valence-electron chi connectivity index (χ2n) is 10.5. The van der Waals surface area contributed by atoms with Crippen molar-refractivity contribution in [3.63, 3.8) is 0 Å². The molecule has 9 heteroatoms. The molecule has 1 atom stereocenters. The fourth-order valence-corrected chi connectivity index (χ4v) is 6.07. The van der Waals surface area contributed by atoms with Gasteiger partial charge in [-0.25, -0.2) is 0 Å². The van der Waals surface area contributed by atoms with Crippen molar-refractivity contribution in [2.24, 2.45) is 5.92 Å². The zero-order valence-electron chi connectivity index (χ0n) is 22.1. The zero-order chi connectivity index (χ0) is 27.6. The van der Waals surface area contributed by atoms with Crippen molar-refractivity contribution in [1.29, 1.82) is 0 Å². The maximum absolute atomic E-state index is 13.5. The number of ketones is 1. The number of morpholine rings is 1. The van der Waals surface area contributed by atoms with Crippen LogP contribution in [-0.2, 0) is 14.3 Å². The number of aliphatic hydroxyl groups is 1. The quantitative estimate of drug-likeness (QED) is 0.284. The summed E-state index contributed by atoms with van der Waals surface area (Å²) in [5.41, 5.74) is 3.12. The third kappa shape index (κ3) is 4.81.